The van der Waals surface area contributed by atoms with Crippen LogP contribution in [0.4, 0.5) is 0 Å². The van der Waals surface area contributed by atoms with Gasteiger partial charge >= 0.3 is 5.97 Å². The molecule has 0 saturated carbocycles. The molecule has 0 radical (unpaired) electrons. The molecule has 33 heavy (non-hydrogen) atoms. The quantitative estimate of drug-likeness (QED) is 0.588. The van der Waals surface area contributed by atoms with Gasteiger partial charge in [-0.05, 0) is 30.5 Å². The van der Waals surface area contributed by atoms with Gasteiger partial charge in [-0.3, -0.25) is 9.59 Å². The molecule has 8 heteroatoms. The Morgan fingerprint density at radius 3 is 2.52 bits per heavy atom. The van der Waals surface area contributed by atoms with Crippen LogP contribution in [0.25, 0.3) is 0 Å². The van der Waals surface area contributed by atoms with Crippen LogP contribution in [0.15, 0.2) is 60.9 Å². The molecular weight excluding hydrogens is 420 g/mol. The molecule has 0 aliphatic carbocycles. The van der Waals surface area contributed by atoms with Gasteiger partial charge in [0, 0.05) is 13.1 Å². The minimum atomic E-state index is -1.20. The maximum Gasteiger partial charge on any atom is 0.359 e. The molecule has 0 fully saturated rings. The van der Waals surface area contributed by atoms with Crippen LogP contribution >= 0.6 is 0 Å². The molecule has 1 atom stereocenters. The van der Waals surface area contributed by atoms with Crippen molar-refractivity contribution in [1.29, 1.82) is 0 Å². The number of amides is 2. The Morgan fingerprint density at radius 2 is 1.82 bits per heavy atom. The van der Waals surface area contributed by atoms with Gasteiger partial charge in [-0.1, -0.05) is 54.6 Å². The molecule has 1 aromatic heterocycles. The fraction of sp³-hybridized carbons (Fsp3) is 0.280. The van der Waals surface area contributed by atoms with Gasteiger partial charge in [0.1, 0.15) is 11.2 Å². The number of esters is 1. The molecule has 170 valence electrons. The number of carbonyl (C=O) groups is 3. The summed E-state index contributed by atoms with van der Waals surface area (Å²) < 4.78 is 6.36. The molecule has 2 aromatic carbocycles. The molecule has 8 nitrogen and oxygen atoms in total. The van der Waals surface area contributed by atoms with E-state index in [1.807, 2.05) is 61.5 Å². The van der Waals surface area contributed by atoms with Gasteiger partial charge in [0.2, 0.25) is 5.91 Å². The summed E-state index contributed by atoms with van der Waals surface area (Å²) in [4.78, 5) is 45.1. The zero-order valence-corrected chi connectivity index (χ0v) is 18.9. The fourth-order valence-corrected chi connectivity index (χ4v) is 4.11. The first-order valence-corrected chi connectivity index (χ1v) is 10.7. The maximum atomic E-state index is 13.7. The number of hydrogen-bond donors (Lipinski definition) is 1. The second kappa shape index (κ2) is 8.90. The normalized spacial score (nSPS) is 17.4. The van der Waals surface area contributed by atoms with Crippen LogP contribution in [-0.2, 0) is 29.2 Å². The number of methoxy groups -OCH3 is 1. The van der Waals surface area contributed by atoms with E-state index in [-0.39, 0.29) is 30.4 Å². The first-order chi connectivity index (χ1) is 15.8. The van der Waals surface area contributed by atoms with E-state index in [1.54, 1.807) is 11.5 Å². The summed E-state index contributed by atoms with van der Waals surface area (Å²) in [6, 6.07) is 17.3. The summed E-state index contributed by atoms with van der Waals surface area (Å²) in [6.45, 7) is 4.41. The topological polar surface area (TPSA) is 93.5 Å². The molecule has 0 saturated heterocycles. The highest BCUT2D eigenvalue weighted by molar-refractivity contribution is 6.06. The van der Waals surface area contributed by atoms with Crippen molar-refractivity contribution in [2.24, 2.45) is 0 Å². The second-order valence-corrected chi connectivity index (χ2v) is 8.32. The Hall–Kier alpha value is -3.94. The number of carbonyl (C=O) groups excluding carboxylic acids is 3. The Bertz CT molecular complexity index is 1200. The maximum absolute atomic E-state index is 13.7. The van der Waals surface area contributed by atoms with Crippen molar-refractivity contribution in [3.05, 3.63) is 89.0 Å². The van der Waals surface area contributed by atoms with Crippen molar-refractivity contribution >= 4 is 17.8 Å². The highest BCUT2D eigenvalue weighted by Gasteiger charge is 2.49. The van der Waals surface area contributed by atoms with E-state index < -0.39 is 17.4 Å². The summed E-state index contributed by atoms with van der Waals surface area (Å²) in [6.07, 6.45) is 1.41. The molecule has 2 heterocycles. The van der Waals surface area contributed by atoms with E-state index in [1.165, 1.54) is 18.3 Å². The number of nitrogens with zero attached hydrogens (tertiary/aromatic N) is 3. The number of aryl methyl sites for hydroxylation is 1. The molecule has 0 spiro atoms. The molecule has 0 bridgehead atoms. The Labute approximate surface area is 192 Å². The van der Waals surface area contributed by atoms with Crippen molar-refractivity contribution in [2.75, 3.05) is 7.11 Å². The number of imidazole rings is 1. The summed E-state index contributed by atoms with van der Waals surface area (Å²) in [7, 11) is 1.24. The van der Waals surface area contributed by atoms with Gasteiger partial charge in [-0.2, -0.15) is 0 Å². The van der Waals surface area contributed by atoms with Crippen molar-refractivity contribution < 1.29 is 19.1 Å². The van der Waals surface area contributed by atoms with E-state index in [0.717, 1.165) is 16.7 Å². The molecule has 1 aliphatic heterocycles. The van der Waals surface area contributed by atoms with E-state index in [0.29, 0.717) is 6.54 Å². The summed E-state index contributed by atoms with van der Waals surface area (Å²) >= 11 is 0. The third-order valence-electron chi connectivity index (χ3n) is 6.11. The van der Waals surface area contributed by atoms with Crippen LogP contribution in [0.5, 0.6) is 0 Å². The van der Waals surface area contributed by atoms with E-state index in [4.69, 9.17) is 4.74 Å². The van der Waals surface area contributed by atoms with Crippen molar-refractivity contribution in [1.82, 2.24) is 19.8 Å². The molecule has 4 rings (SSSR count). The highest BCUT2D eigenvalue weighted by Crippen LogP contribution is 2.31. The van der Waals surface area contributed by atoms with Crippen molar-refractivity contribution in [3.63, 3.8) is 0 Å². The third kappa shape index (κ3) is 4.11. The lowest BCUT2D eigenvalue weighted by atomic mass is 9.92. The summed E-state index contributed by atoms with van der Waals surface area (Å²) in [5, 5.41) is 2.97. The van der Waals surface area contributed by atoms with Crippen LogP contribution in [0.2, 0.25) is 0 Å². The SMILES string of the molecule is COC(=O)c1ncn2c1C(=O)N(Cc1ccccc1C)C(C)(C(=O)NCc1ccccc1)C2. The average molecular weight is 447 g/mol. The van der Waals surface area contributed by atoms with Gasteiger partial charge in [0.15, 0.2) is 5.69 Å². The Kier molecular flexibility index (Phi) is 6.00. The Morgan fingerprint density at radius 1 is 1.12 bits per heavy atom. The minimum Gasteiger partial charge on any atom is -0.464 e. The van der Waals surface area contributed by atoms with E-state index >= 15 is 0 Å². The molecule has 1 aliphatic rings. The zero-order chi connectivity index (χ0) is 23.6. The lowest BCUT2D eigenvalue weighted by Gasteiger charge is -2.44. The number of fused-ring (bicyclic) bond motifs is 1. The van der Waals surface area contributed by atoms with Crippen LogP contribution in [0, 0.1) is 6.92 Å². The molecule has 1 unspecified atom stereocenters. The van der Waals surface area contributed by atoms with E-state index in [2.05, 4.69) is 10.3 Å². The average Bonchev–Trinajstić information content (AvgIpc) is 3.25. The third-order valence-corrected chi connectivity index (χ3v) is 6.11. The highest BCUT2D eigenvalue weighted by atomic mass is 16.5. The lowest BCUT2D eigenvalue weighted by molar-refractivity contribution is -0.133. The number of benzene rings is 2. The first-order valence-electron chi connectivity index (χ1n) is 10.7. The predicted octanol–water partition coefficient (Wildman–Crippen LogP) is 2.71. The fourth-order valence-electron chi connectivity index (χ4n) is 4.11. The van der Waals surface area contributed by atoms with Crippen LogP contribution in [0.3, 0.4) is 0 Å². The van der Waals surface area contributed by atoms with E-state index in [9.17, 15) is 14.4 Å². The first kappa shape index (κ1) is 22.3. The molecule has 2 amide bonds. The summed E-state index contributed by atoms with van der Waals surface area (Å²) in [5.41, 5.74) is 1.76. The van der Waals surface area contributed by atoms with Gasteiger partial charge in [-0.15, -0.1) is 0 Å². The lowest BCUT2D eigenvalue weighted by Crippen LogP contribution is -2.63. The molecular formula is C25H26N4O4. The smallest absolute Gasteiger partial charge is 0.359 e. The Balaban J connectivity index is 1.71. The standard InChI is InChI=1S/C25H26N4O4/c1-17-9-7-8-12-19(17)14-29-22(30)21-20(23(31)33-3)27-16-28(21)15-25(29,2)24(32)26-13-18-10-5-4-6-11-18/h4-12,16H,13-15H2,1-3H3,(H,26,32). The number of nitrogens with one attached hydrogen (secondary N) is 1. The van der Waals surface area contributed by atoms with Crippen LogP contribution < -0.4 is 5.32 Å². The van der Waals surface area contributed by atoms with Crippen molar-refractivity contribution in [2.45, 2.75) is 39.0 Å². The van der Waals surface area contributed by atoms with Crippen LogP contribution in [0.1, 0.15) is 44.6 Å². The largest absolute Gasteiger partial charge is 0.464 e. The summed E-state index contributed by atoms with van der Waals surface area (Å²) in [5.74, 6) is -1.42. The monoisotopic (exact) mass is 446 g/mol. The van der Waals surface area contributed by atoms with Crippen molar-refractivity contribution in [3.8, 4) is 0 Å². The van der Waals surface area contributed by atoms with Gasteiger partial charge in [-0.25, -0.2) is 9.78 Å². The van der Waals surface area contributed by atoms with Crippen LogP contribution in [-0.4, -0.2) is 44.9 Å². The number of aromatic nitrogens is 2. The van der Waals surface area contributed by atoms with Gasteiger partial charge in [0.05, 0.1) is 20.0 Å². The number of ether oxygens (including phenoxy) is 1. The zero-order valence-electron chi connectivity index (χ0n) is 18.9. The number of hydrogen-bond acceptors (Lipinski definition) is 5. The predicted molar refractivity (Wildman–Crippen MR) is 121 cm³/mol. The second-order valence-electron chi connectivity index (χ2n) is 8.32. The number of rotatable bonds is 6. The minimum absolute atomic E-state index is 0.0518. The van der Waals surface area contributed by atoms with Gasteiger partial charge in [0.25, 0.3) is 5.91 Å². The molecule has 1 N–H and O–H groups in total. The molecule has 3 aromatic rings. The van der Waals surface area contributed by atoms with Gasteiger partial charge < -0.3 is 19.5 Å².